The van der Waals surface area contributed by atoms with Crippen molar-refractivity contribution in [1.82, 2.24) is 9.80 Å². The van der Waals surface area contributed by atoms with E-state index in [2.05, 4.69) is 0 Å². The summed E-state index contributed by atoms with van der Waals surface area (Å²) in [6.07, 6.45) is 1.00. The molecule has 0 saturated carbocycles. The van der Waals surface area contributed by atoms with Crippen molar-refractivity contribution in [1.29, 1.82) is 0 Å². The Balaban J connectivity index is 1.61. The largest absolute Gasteiger partial charge is 0.345 e. The summed E-state index contributed by atoms with van der Waals surface area (Å²) in [4.78, 5) is 28.8. The van der Waals surface area contributed by atoms with E-state index in [-0.39, 0.29) is 17.7 Å². The molecule has 2 amide bonds. The fraction of sp³-hybridized carbons (Fsp3) is 0.412. The van der Waals surface area contributed by atoms with Crippen LogP contribution in [-0.2, 0) is 4.79 Å². The molecule has 0 unspecified atom stereocenters. The Morgan fingerprint density at radius 3 is 2.95 bits per heavy atom. The number of likely N-dealkylation sites (tertiary alicyclic amines) is 2. The lowest BCUT2D eigenvalue weighted by Gasteiger charge is -2.30. The maximum absolute atomic E-state index is 12.9. The third kappa shape index (κ3) is 2.03. The molecule has 22 heavy (non-hydrogen) atoms. The van der Waals surface area contributed by atoms with Crippen molar-refractivity contribution >= 4 is 33.2 Å². The van der Waals surface area contributed by atoms with Gasteiger partial charge in [-0.1, -0.05) is 18.2 Å². The van der Waals surface area contributed by atoms with Crippen LogP contribution in [-0.4, -0.2) is 48.3 Å². The van der Waals surface area contributed by atoms with E-state index >= 15 is 0 Å². The fourth-order valence-corrected chi connectivity index (χ4v) is 4.61. The molecule has 0 bridgehead atoms. The minimum absolute atomic E-state index is 0.00685. The SMILES string of the molecule is CN1CC[C@@H]2CN(C(=O)c3csc4ccccc34)C[C@@H]2C1=O. The molecule has 0 aliphatic carbocycles. The van der Waals surface area contributed by atoms with E-state index in [1.807, 2.05) is 41.6 Å². The first-order valence-electron chi connectivity index (χ1n) is 7.65. The van der Waals surface area contributed by atoms with Crippen LogP contribution in [0.1, 0.15) is 16.8 Å². The van der Waals surface area contributed by atoms with Crippen molar-refractivity contribution in [3.63, 3.8) is 0 Å². The minimum atomic E-state index is -0.00685. The second-order valence-corrected chi connectivity index (χ2v) is 7.18. The predicted octanol–water partition coefficient (Wildman–Crippen LogP) is 2.45. The maximum atomic E-state index is 12.9. The first-order valence-corrected chi connectivity index (χ1v) is 8.53. The van der Waals surface area contributed by atoms with Gasteiger partial charge in [-0.2, -0.15) is 0 Å². The molecule has 2 atom stereocenters. The van der Waals surface area contributed by atoms with E-state index in [9.17, 15) is 9.59 Å². The van der Waals surface area contributed by atoms with Gasteiger partial charge in [0.15, 0.2) is 0 Å². The second-order valence-electron chi connectivity index (χ2n) is 6.27. The van der Waals surface area contributed by atoms with E-state index in [4.69, 9.17) is 0 Å². The van der Waals surface area contributed by atoms with Gasteiger partial charge >= 0.3 is 0 Å². The van der Waals surface area contributed by atoms with Gasteiger partial charge in [0.2, 0.25) is 5.91 Å². The summed E-state index contributed by atoms with van der Waals surface area (Å²) < 4.78 is 1.14. The molecular weight excluding hydrogens is 296 g/mol. The van der Waals surface area contributed by atoms with E-state index in [1.54, 1.807) is 16.2 Å². The Labute approximate surface area is 133 Å². The van der Waals surface area contributed by atoms with Crippen LogP contribution in [0.25, 0.3) is 10.1 Å². The van der Waals surface area contributed by atoms with E-state index < -0.39 is 0 Å². The summed E-state index contributed by atoms with van der Waals surface area (Å²) in [5.41, 5.74) is 0.778. The van der Waals surface area contributed by atoms with Crippen molar-refractivity contribution in [3.05, 3.63) is 35.2 Å². The summed E-state index contributed by atoms with van der Waals surface area (Å²) in [5.74, 6) is 0.592. The van der Waals surface area contributed by atoms with Crippen molar-refractivity contribution < 1.29 is 9.59 Å². The number of amides is 2. The molecule has 2 aromatic rings. The highest BCUT2D eigenvalue weighted by molar-refractivity contribution is 7.17. The van der Waals surface area contributed by atoms with Crippen molar-refractivity contribution in [3.8, 4) is 0 Å². The Hall–Kier alpha value is -1.88. The van der Waals surface area contributed by atoms with Gasteiger partial charge in [-0.15, -0.1) is 11.3 Å². The molecule has 2 aliphatic rings. The van der Waals surface area contributed by atoms with Gasteiger partial charge in [-0.25, -0.2) is 0 Å². The smallest absolute Gasteiger partial charge is 0.255 e. The van der Waals surface area contributed by atoms with Crippen molar-refractivity contribution in [2.45, 2.75) is 6.42 Å². The summed E-state index contributed by atoms with van der Waals surface area (Å²) >= 11 is 1.60. The maximum Gasteiger partial charge on any atom is 0.255 e. The molecule has 4 nitrogen and oxygen atoms in total. The lowest BCUT2D eigenvalue weighted by molar-refractivity contribution is -0.137. The highest BCUT2D eigenvalue weighted by Crippen LogP contribution is 2.34. The highest BCUT2D eigenvalue weighted by atomic mass is 32.1. The normalized spacial score (nSPS) is 24.9. The first-order chi connectivity index (χ1) is 10.6. The van der Waals surface area contributed by atoms with Crippen LogP contribution < -0.4 is 0 Å². The number of carbonyl (C=O) groups excluding carboxylic acids is 2. The van der Waals surface area contributed by atoms with Gasteiger partial charge in [0.1, 0.15) is 0 Å². The number of benzene rings is 1. The van der Waals surface area contributed by atoms with E-state index in [0.29, 0.717) is 19.0 Å². The average Bonchev–Trinajstić information content (AvgIpc) is 3.15. The zero-order valence-electron chi connectivity index (χ0n) is 12.5. The molecule has 2 fully saturated rings. The van der Waals surface area contributed by atoms with Crippen LogP contribution >= 0.6 is 11.3 Å². The van der Waals surface area contributed by atoms with Crippen LogP contribution in [0, 0.1) is 11.8 Å². The zero-order valence-corrected chi connectivity index (χ0v) is 13.3. The molecule has 114 valence electrons. The minimum Gasteiger partial charge on any atom is -0.345 e. The number of nitrogens with zero attached hydrogens (tertiary/aromatic N) is 2. The summed E-state index contributed by atoms with van der Waals surface area (Å²) in [6, 6.07) is 8.00. The molecule has 0 N–H and O–H groups in total. The number of carbonyl (C=O) groups is 2. The second kappa shape index (κ2) is 5.09. The van der Waals surface area contributed by atoms with Crippen LogP contribution in [0.5, 0.6) is 0 Å². The average molecular weight is 314 g/mol. The molecule has 2 saturated heterocycles. The molecule has 2 aliphatic heterocycles. The van der Waals surface area contributed by atoms with Gasteiger partial charge < -0.3 is 9.80 Å². The van der Waals surface area contributed by atoms with Gasteiger partial charge in [0.05, 0.1) is 11.5 Å². The number of hydrogen-bond donors (Lipinski definition) is 0. The van der Waals surface area contributed by atoms with Gasteiger partial charge in [-0.05, 0) is 18.4 Å². The molecule has 1 aromatic heterocycles. The van der Waals surface area contributed by atoms with Crippen molar-refractivity contribution in [2.75, 3.05) is 26.7 Å². The van der Waals surface area contributed by atoms with E-state index in [1.165, 1.54) is 0 Å². The van der Waals surface area contributed by atoms with Crippen molar-refractivity contribution in [2.24, 2.45) is 11.8 Å². The van der Waals surface area contributed by atoms with Gasteiger partial charge in [0.25, 0.3) is 5.91 Å². The molecule has 0 radical (unpaired) electrons. The Morgan fingerprint density at radius 1 is 1.27 bits per heavy atom. The Kier molecular flexibility index (Phi) is 3.18. The van der Waals surface area contributed by atoms with Gasteiger partial charge in [-0.3, -0.25) is 9.59 Å². The molecule has 5 heteroatoms. The monoisotopic (exact) mass is 314 g/mol. The number of thiophene rings is 1. The summed E-state index contributed by atoms with van der Waals surface area (Å²) in [5, 5.41) is 2.97. The van der Waals surface area contributed by atoms with Crippen LogP contribution in [0.15, 0.2) is 29.6 Å². The molecule has 1 aromatic carbocycles. The first kappa shape index (κ1) is 13.8. The lowest BCUT2D eigenvalue weighted by Crippen LogP contribution is -2.42. The Bertz CT molecular complexity index is 754. The van der Waals surface area contributed by atoms with Gasteiger partial charge in [0, 0.05) is 42.1 Å². The topological polar surface area (TPSA) is 40.6 Å². The quantitative estimate of drug-likeness (QED) is 0.811. The standard InChI is InChI=1S/C17H18N2O2S/c1-18-7-6-11-8-19(9-13(11)16(18)20)17(21)14-10-22-15-5-3-2-4-12(14)15/h2-5,10-11,13H,6-9H2,1H3/t11-,13+/m1/s1. The molecular formula is C17H18N2O2S. The number of hydrogen-bond acceptors (Lipinski definition) is 3. The molecule has 4 rings (SSSR count). The summed E-state index contributed by atoms with van der Waals surface area (Å²) in [6.45, 7) is 2.09. The molecule has 0 spiro atoms. The third-order valence-corrected chi connectivity index (χ3v) is 5.93. The van der Waals surface area contributed by atoms with Crippen LogP contribution in [0.4, 0.5) is 0 Å². The van der Waals surface area contributed by atoms with Crippen LogP contribution in [0.2, 0.25) is 0 Å². The third-order valence-electron chi connectivity index (χ3n) is 4.97. The van der Waals surface area contributed by atoms with E-state index in [0.717, 1.165) is 28.6 Å². The summed E-state index contributed by atoms with van der Waals surface area (Å²) in [7, 11) is 1.86. The zero-order chi connectivity index (χ0) is 15.3. The lowest BCUT2D eigenvalue weighted by atomic mass is 9.88. The van der Waals surface area contributed by atoms with Crippen LogP contribution in [0.3, 0.4) is 0 Å². The molecule has 3 heterocycles. The number of rotatable bonds is 1. The Morgan fingerprint density at radius 2 is 2.09 bits per heavy atom. The fourth-order valence-electron chi connectivity index (χ4n) is 3.68. The number of piperidine rings is 1. The predicted molar refractivity (Wildman–Crippen MR) is 87.0 cm³/mol. The highest BCUT2D eigenvalue weighted by Gasteiger charge is 2.43. The number of fused-ring (bicyclic) bond motifs is 2.